The van der Waals surface area contributed by atoms with Crippen molar-refractivity contribution >= 4 is 23.4 Å². The molecule has 8 heteroatoms. The van der Waals surface area contributed by atoms with Crippen molar-refractivity contribution in [1.29, 1.82) is 0 Å². The van der Waals surface area contributed by atoms with Gasteiger partial charge in [0.25, 0.3) is 0 Å². The van der Waals surface area contributed by atoms with E-state index in [4.69, 9.17) is 0 Å². The first-order chi connectivity index (χ1) is 13.4. The van der Waals surface area contributed by atoms with Gasteiger partial charge >= 0.3 is 6.18 Å². The molecule has 0 fully saturated rings. The number of anilines is 1. The molecule has 0 radical (unpaired) electrons. The van der Waals surface area contributed by atoms with E-state index in [1.54, 1.807) is 30.5 Å². The molecule has 0 atom stereocenters. The third-order valence-electron chi connectivity index (χ3n) is 3.67. The van der Waals surface area contributed by atoms with Gasteiger partial charge in [-0.3, -0.25) is 9.78 Å². The molecule has 142 valence electrons. The monoisotopic (exact) mass is 401 g/mol. The Bertz CT molecular complexity index is 987. The smallest absolute Gasteiger partial charge is 0.323 e. The first kappa shape index (κ1) is 19.6. The Balaban J connectivity index is 1.83. The largest absolute Gasteiger partial charge is 0.416 e. The first-order valence-electron chi connectivity index (χ1n) is 8.07. The van der Waals surface area contributed by atoms with Crippen LogP contribution in [0, 0.1) is 0 Å². The van der Waals surface area contributed by atoms with Crippen LogP contribution in [0.4, 0.5) is 18.9 Å². The Labute approximate surface area is 163 Å². The second kappa shape index (κ2) is 8.26. The fraction of sp³-hybridized carbons (Fsp3) is 0.0500. The second-order valence-corrected chi connectivity index (χ2v) is 6.67. The number of hydrogen-bond acceptors (Lipinski definition) is 4. The fourth-order valence-corrected chi connectivity index (χ4v) is 3.20. The minimum atomic E-state index is -4.37. The highest BCUT2D eigenvalue weighted by molar-refractivity contribution is 7.99. The molecule has 0 saturated carbocycles. The van der Waals surface area contributed by atoms with Gasteiger partial charge in [-0.1, -0.05) is 30.5 Å². The lowest BCUT2D eigenvalue weighted by Crippen LogP contribution is -2.06. The lowest BCUT2D eigenvalue weighted by Gasteiger charge is -2.10. The van der Waals surface area contributed by atoms with E-state index in [9.17, 15) is 18.0 Å². The number of halogens is 3. The van der Waals surface area contributed by atoms with E-state index in [0.29, 0.717) is 21.3 Å². The fourth-order valence-electron chi connectivity index (χ4n) is 2.33. The Morgan fingerprint density at radius 1 is 1.00 bits per heavy atom. The molecule has 1 amide bonds. The summed E-state index contributed by atoms with van der Waals surface area (Å²) in [6.45, 7) is 3.40. The van der Waals surface area contributed by atoms with E-state index in [1.807, 2.05) is 0 Å². The normalized spacial score (nSPS) is 11.1. The van der Waals surface area contributed by atoms with Gasteiger partial charge in [-0.25, -0.2) is 4.98 Å². The number of alkyl halides is 3. The van der Waals surface area contributed by atoms with Crippen molar-refractivity contribution in [3.63, 3.8) is 0 Å². The molecule has 0 aliphatic heterocycles. The summed E-state index contributed by atoms with van der Waals surface area (Å²) in [6, 6.07) is 11.9. The van der Waals surface area contributed by atoms with Crippen LogP contribution < -0.4 is 5.32 Å². The lowest BCUT2D eigenvalue weighted by atomic mass is 10.1. The molecular formula is C20H14F3N3OS. The van der Waals surface area contributed by atoms with Crippen LogP contribution in [-0.2, 0) is 11.0 Å². The van der Waals surface area contributed by atoms with Gasteiger partial charge in [-0.05, 0) is 42.5 Å². The SMILES string of the molecule is C=CC(=O)Nc1ccc(-c2nccnc2Sc2ccc(C(F)(F)F)cc2)cc1. The highest BCUT2D eigenvalue weighted by Crippen LogP contribution is 2.35. The van der Waals surface area contributed by atoms with Gasteiger partial charge in [0, 0.05) is 28.5 Å². The van der Waals surface area contributed by atoms with Crippen molar-refractivity contribution in [2.45, 2.75) is 16.1 Å². The zero-order valence-electron chi connectivity index (χ0n) is 14.4. The third kappa shape index (κ3) is 4.77. The lowest BCUT2D eigenvalue weighted by molar-refractivity contribution is -0.137. The number of amides is 1. The summed E-state index contributed by atoms with van der Waals surface area (Å²) in [4.78, 5) is 20.6. The standard InChI is InChI=1S/C20H14F3N3OS/c1-2-17(27)26-15-7-3-13(4-8-15)18-19(25-12-11-24-18)28-16-9-5-14(6-10-16)20(21,22)23/h2-12H,1H2,(H,26,27). The van der Waals surface area contributed by atoms with Crippen molar-refractivity contribution in [3.05, 3.63) is 79.1 Å². The van der Waals surface area contributed by atoms with Gasteiger partial charge in [-0.2, -0.15) is 13.2 Å². The molecule has 0 bridgehead atoms. The van der Waals surface area contributed by atoms with Crippen LogP contribution in [0.25, 0.3) is 11.3 Å². The Morgan fingerprint density at radius 2 is 1.64 bits per heavy atom. The quantitative estimate of drug-likeness (QED) is 0.579. The van der Waals surface area contributed by atoms with E-state index in [2.05, 4.69) is 21.9 Å². The average Bonchev–Trinajstić information content (AvgIpc) is 2.69. The van der Waals surface area contributed by atoms with E-state index in [1.165, 1.54) is 36.2 Å². The summed E-state index contributed by atoms with van der Waals surface area (Å²) in [7, 11) is 0. The summed E-state index contributed by atoms with van der Waals surface area (Å²) in [5.41, 5.74) is 1.26. The van der Waals surface area contributed by atoms with Gasteiger partial charge in [0.1, 0.15) is 10.7 Å². The highest BCUT2D eigenvalue weighted by atomic mass is 32.2. The molecule has 1 N–H and O–H groups in total. The molecule has 0 aliphatic rings. The molecule has 1 aromatic heterocycles. The van der Waals surface area contributed by atoms with Crippen LogP contribution in [0.15, 0.2) is 83.5 Å². The maximum absolute atomic E-state index is 12.7. The van der Waals surface area contributed by atoms with Gasteiger partial charge < -0.3 is 5.32 Å². The van der Waals surface area contributed by atoms with Gasteiger partial charge in [0.05, 0.1) is 5.56 Å². The number of hydrogen-bond donors (Lipinski definition) is 1. The van der Waals surface area contributed by atoms with E-state index in [-0.39, 0.29) is 5.91 Å². The molecule has 3 aromatic rings. The number of nitrogens with one attached hydrogen (secondary N) is 1. The van der Waals surface area contributed by atoms with Gasteiger partial charge in [0.2, 0.25) is 5.91 Å². The Morgan fingerprint density at radius 3 is 2.25 bits per heavy atom. The summed E-state index contributed by atoms with van der Waals surface area (Å²) >= 11 is 1.22. The number of carbonyl (C=O) groups excluding carboxylic acids is 1. The Hall–Kier alpha value is -3.13. The van der Waals surface area contributed by atoms with Crippen LogP contribution in [0.5, 0.6) is 0 Å². The van der Waals surface area contributed by atoms with Crippen LogP contribution >= 0.6 is 11.8 Å². The maximum Gasteiger partial charge on any atom is 0.416 e. The van der Waals surface area contributed by atoms with Gasteiger partial charge in [0.15, 0.2) is 0 Å². The molecular weight excluding hydrogens is 387 g/mol. The first-order valence-corrected chi connectivity index (χ1v) is 8.88. The summed E-state index contributed by atoms with van der Waals surface area (Å²) < 4.78 is 38.1. The number of carbonyl (C=O) groups is 1. The zero-order chi connectivity index (χ0) is 20.1. The molecule has 2 aromatic carbocycles. The maximum atomic E-state index is 12.7. The van der Waals surface area contributed by atoms with Crippen molar-refractivity contribution in [3.8, 4) is 11.3 Å². The van der Waals surface area contributed by atoms with Crippen LogP contribution in [0.2, 0.25) is 0 Å². The predicted octanol–water partition coefficient (Wildman–Crippen LogP) is 5.44. The van der Waals surface area contributed by atoms with E-state index in [0.717, 1.165) is 17.7 Å². The Kier molecular flexibility index (Phi) is 5.79. The topological polar surface area (TPSA) is 54.9 Å². The minimum Gasteiger partial charge on any atom is -0.323 e. The van der Waals surface area contributed by atoms with E-state index >= 15 is 0 Å². The van der Waals surface area contributed by atoms with Crippen molar-refractivity contribution in [2.75, 3.05) is 5.32 Å². The summed E-state index contributed by atoms with van der Waals surface area (Å²) in [5, 5.41) is 3.21. The summed E-state index contributed by atoms with van der Waals surface area (Å²) in [6.07, 6.45) is -0.132. The molecule has 28 heavy (non-hydrogen) atoms. The van der Waals surface area contributed by atoms with Crippen molar-refractivity contribution < 1.29 is 18.0 Å². The van der Waals surface area contributed by atoms with Crippen molar-refractivity contribution in [2.24, 2.45) is 0 Å². The summed E-state index contributed by atoms with van der Waals surface area (Å²) in [5.74, 6) is -0.314. The second-order valence-electron chi connectivity index (χ2n) is 5.61. The van der Waals surface area contributed by atoms with Crippen molar-refractivity contribution in [1.82, 2.24) is 9.97 Å². The molecule has 0 unspecified atom stereocenters. The molecule has 3 rings (SSSR count). The number of aromatic nitrogens is 2. The molecule has 4 nitrogen and oxygen atoms in total. The van der Waals surface area contributed by atoms with Crippen LogP contribution in [0.1, 0.15) is 5.56 Å². The molecule has 0 saturated heterocycles. The number of benzene rings is 2. The average molecular weight is 401 g/mol. The number of nitrogens with zero attached hydrogens (tertiary/aromatic N) is 2. The predicted molar refractivity (Wildman–Crippen MR) is 102 cm³/mol. The molecule has 0 spiro atoms. The highest BCUT2D eigenvalue weighted by Gasteiger charge is 2.30. The van der Waals surface area contributed by atoms with E-state index < -0.39 is 11.7 Å². The van der Waals surface area contributed by atoms with Crippen LogP contribution in [-0.4, -0.2) is 15.9 Å². The van der Waals surface area contributed by atoms with Crippen LogP contribution in [0.3, 0.4) is 0 Å². The third-order valence-corrected chi connectivity index (χ3v) is 4.67. The molecule has 0 aliphatic carbocycles. The molecule has 1 heterocycles. The minimum absolute atomic E-state index is 0.314. The number of rotatable bonds is 5. The zero-order valence-corrected chi connectivity index (χ0v) is 15.2. The van der Waals surface area contributed by atoms with Gasteiger partial charge in [-0.15, -0.1) is 0 Å².